The van der Waals surface area contributed by atoms with E-state index in [1.807, 2.05) is 49.4 Å². The number of halogens is 1. The third-order valence-electron chi connectivity index (χ3n) is 5.28. The highest BCUT2D eigenvalue weighted by atomic mass is 35.5. The lowest BCUT2D eigenvalue weighted by Crippen LogP contribution is -2.08. The van der Waals surface area contributed by atoms with Crippen molar-refractivity contribution in [1.82, 2.24) is 14.8 Å². The number of methoxy groups -OCH3 is 1. The Morgan fingerprint density at radius 3 is 2.47 bits per heavy atom. The Balaban J connectivity index is 1.73. The van der Waals surface area contributed by atoms with E-state index >= 15 is 0 Å². The molecule has 0 atom stereocenters. The van der Waals surface area contributed by atoms with Gasteiger partial charge in [0, 0.05) is 16.1 Å². The van der Waals surface area contributed by atoms with Gasteiger partial charge in [0.25, 0.3) is 0 Å². The molecule has 1 aromatic heterocycles. The molecular formula is C24H19ClN4O. The van der Waals surface area contributed by atoms with Crippen molar-refractivity contribution in [1.29, 1.82) is 0 Å². The van der Waals surface area contributed by atoms with Crippen molar-refractivity contribution in [3.63, 3.8) is 0 Å². The number of hydrogen-bond acceptors (Lipinski definition) is 4. The molecule has 0 saturated heterocycles. The number of aryl methyl sites for hydroxylation is 1. The van der Waals surface area contributed by atoms with E-state index < -0.39 is 0 Å². The molecule has 0 amide bonds. The van der Waals surface area contributed by atoms with Crippen LogP contribution >= 0.6 is 11.6 Å². The molecule has 1 aliphatic heterocycles. The molecule has 2 heterocycles. The molecule has 0 N–H and O–H groups in total. The highest BCUT2D eigenvalue weighted by molar-refractivity contribution is 6.30. The van der Waals surface area contributed by atoms with Crippen molar-refractivity contribution in [3.05, 3.63) is 94.5 Å². The van der Waals surface area contributed by atoms with E-state index in [4.69, 9.17) is 21.3 Å². The van der Waals surface area contributed by atoms with Gasteiger partial charge in [-0.05, 0) is 54.4 Å². The summed E-state index contributed by atoms with van der Waals surface area (Å²) in [5.41, 5.74) is 6.14. The Bertz CT molecular complexity index is 1270. The SMILES string of the molecule is COc1cccc(-c2ccc3c(c2)C(c2ccc(Cl)cc2)=NCc2nnc(C)n2-3)c1. The summed E-state index contributed by atoms with van der Waals surface area (Å²) in [6.07, 6.45) is 0. The molecule has 0 bridgehead atoms. The molecule has 0 unspecified atom stereocenters. The van der Waals surface area contributed by atoms with Gasteiger partial charge >= 0.3 is 0 Å². The standard InChI is InChI=1S/C24H19ClN4O/c1-15-27-28-23-14-26-24(16-6-9-19(25)10-7-16)21-13-18(8-11-22(21)29(15)23)17-4-3-5-20(12-17)30-2/h3-13H,14H2,1-2H3. The first-order chi connectivity index (χ1) is 14.6. The van der Waals surface area contributed by atoms with Gasteiger partial charge < -0.3 is 4.74 Å². The average Bonchev–Trinajstić information content (AvgIpc) is 3.06. The summed E-state index contributed by atoms with van der Waals surface area (Å²) >= 11 is 6.12. The van der Waals surface area contributed by atoms with Gasteiger partial charge in [-0.25, -0.2) is 0 Å². The summed E-state index contributed by atoms with van der Waals surface area (Å²) in [7, 11) is 1.68. The van der Waals surface area contributed by atoms with E-state index in [0.717, 1.165) is 51.1 Å². The lowest BCUT2D eigenvalue weighted by atomic mass is 9.95. The summed E-state index contributed by atoms with van der Waals surface area (Å²) in [6, 6.07) is 22.2. The molecule has 30 heavy (non-hydrogen) atoms. The Hall–Kier alpha value is -3.44. The fraction of sp³-hybridized carbons (Fsp3) is 0.125. The number of fused-ring (bicyclic) bond motifs is 3. The van der Waals surface area contributed by atoms with Gasteiger partial charge in [-0.2, -0.15) is 0 Å². The van der Waals surface area contributed by atoms with Crippen molar-refractivity contribution in [3.8, 4) is 22.6 Å². The summed E-state index contributed by atoms with van der Waals surface area (Å²) in [4.78, 5) is 4.91. The molecule has 0 saturated carbocycles. The molecule has 0 aliphatic carbocycles. The van der Waals surface area contributed by atoms with Gasteiger partial charge in [0.2, 0.25) is 0 Å². The topological polar surface area (TPSA) is 52.3 Å². The molecule has 1 aliphatic rings. The minimum atomic E-state index is 0.460. The number of ether oxygens (including phenoxy) is 1. The average molecular weight is 415 g/mol. The Kier molecular flexibility index (Phi) is 4.60. The highest BCUT2D eigenvalue weighted by Crippen LogP contribution is 2.31. The molecule has 148 valence electrons. The predicted molar refractivity (Wildman–Crippen MR) is 119 cm³/mol. The second-order valence-electron chi connectivity index (χ2n) is 7.13. The maximum absolute atomic E-state index is 6.12. The largest absolute Gasteiger partial charge is 0.497 e. The zero-order valence-corrected chi connectivity index (χ0v) is 17.4. The summed E-state index contributed by atoms with van der Waals surface area (Å²) in [5, 5.41) is 9.29. The third kappa shape index (κ3) is 3.17. The summed E-state index contributed by atoms with van der Waals surface area (Å²) in [5.74, 6) is 2.49. The van der Waals surface area contributed by atoms with E-state index in [1.54, 1.807) is 7.11 Å². The van der Waals surface area contributed by atoms with Crippen molar-refractivity contribution in [2.45, 2.75) is 13.5 Å². The second-order valence-corrected chi connectivity index (χ2v) is 7.57. The number of aliphatic imine (C=N–C) groups is 1. The zero-order valence-electron chi connectivity index (χ0n) is 16.6. The maximum atomic E-state index is 6.12. The minimum Gasteiger partial charge on any atom is -0.497 e. The quantitative estimate of drug-likeness (QED) is 0.459. The summed E-state index contributed by atoms with van der Waals surface area (Å²) in [6.45, 7) is 2.42. The first-order valence-electron chi connectivity index (χ1n) is 9.64. The predicted octanol–water partition coefficient (Wildman–Crippen LogP) is 5.26. The maximum Gasteiger partial charge on any atom is 0.159 e. The molecule has 0 fully saturated rings. The number of nitrogens with zero attached hydrogens (tertiary/aromatic N) is 4. The van der Waals surface area contributed by atoms with Crippen LogP contribution in [0.5, 0.6) is 5.75 Å². The first-order valence-corrected chi connectivity index (χ1v) is 10.0. The Morgan fingerprint density at radius 1 is 0.900 bits per heavy atom. The highest BCUT2D eigenvalue weighted by Gasteiger charge is 2.22. The van der Waals surface area contributed by atoms with Gasteiger partial charge in [0.05, 0.1) is 18.5 Å². The smallest absolute Gasteiger partial charge is 0.159 e. The van der Waals surface area contributed by atoms with Gasteiger partial charge in [0.1, 0.15) is 18.1 Å². The number of hydrogen-bond donors (Lipinski definition) is 0. The Labute approximate surface area is 179 Å². The van der Waals surface area contributed by atoms with Crippen molar-refractivity contribution < 1.29 is 4.74 Å². The molecule has 0 radical (unpaired) electrons. The van der Waals surface area contributed by atoms with Gasteiger partial charge in [0.15, 0.2) is 5.82 Å². The lowest BCUT2D eigenvalue weighted by Gasteiger charge is -2.15. The van der Waals surface area contributed by atoms with Gasteiger partial charge in [-0.15, -0.1) is 10.2 Å². The van der Waals surface area contributed by atoms with Gasteiger partial charge in [-0.1, -0.05) is 41.9 Å². The van der Waals surface area contributed by atoms with Crippen LogP contribution in [-0.2, 0) is 6.54 Å². The molecule has 4 aromatic rings. The summed E-state index contributed by atoms with van der Waals surface area (Å²) < 4.78 is 7.49. The number of rotatable bonds is 3. The van der Waals surface area contributed by atoms with Crippen LogP contribution in [-0.4, -0.2) is 27.6 Å². The van der Waals surface area contributed by atoms with Gasteiger partial charge in [-0.3, -0.25) is 9.56 Å². The van der Waals surface area contributed by atoms with E-state index in [1.165, 1.54) is 0 Å². The number of aromatic nitrogens is 3. The molecule has 5 nitrogen and oxygen atoms in total. The van der Waals surface area contributed by atoms with Crippen molar-refractivity contribution >= 4 is 17.3 Å². The Morgan fingerprint density at radius 2 is 1.67 bits per heavy atom. The zero-order chi connectivity index (χ0) is 20.7. The number of benzene rings is 3. The van der Waals surface area contributed by atoms with Crippen LogP contribution in [0.1, 0.15) is 22.8 Å². The first kappa shape index (κ1) is 18.6. The van der Waals surface area contributed by atoms with E-state index in [0.29, 0.717) is 11.6 Å². The van der Waals surface area contributed by atoms with Crippen LogP contribution in [0, 0.1) is 6.92 Å². The van der Waals surface area contributed by atoms with Crippen LogP contribution < -0.4 is 4.74 Å². The van der Waals surface area contributed by atoms with Crippen molar-refractivity contribution in [2.24, 2.45) is 4.99 Å². The van der Waals surface area contributed by atoms with Crippen LogP contribution in [0.2, 0.25) is 5.02 Å². The van der Waals surface area contributed by atoms with E-state index in [2.05, 4.69) is 39.0 Å². The lowest BCUT2D eigenvalue weighted by molar-refractivity contribution is 0.415. The molecule has 5 rings (SSSR count). The molecule has 0 spiro atoms. The van der Waals surface area contributed by atoms with Crippen molar-refractivity contribution in [2.75, 3.05) is 7.11 Å². The molecule has 3 aromatic carbocycles. The van der Waals surface area contributed by atoms with Crippen LogP contribution in [0.15, 0.2) is 71.7 Å². The van der Waals surface area contributed by atoms with Crippen LogP contribution in [0.25, 0.3) is 16.8 Å². The minimum absolute atomic E-state index is 0.460. The van der Waals surface area contributed by atoms with E-state index in [9.17, 15) is 0 Å². The molecule has 6 heteroatoms. The second kappa shape index (κ2) is 7.43. The van der Waals surface area contributed by atoms with Crippen LogP contribution in [0.3, 0.4) is 0 Å². The van der Waals surface area contributed by atoms with Crippen LogP contribution in [0.4, 0.5) is 0 Å². The monoisotopic (exact) mass is 414 g/mol. The third-order valence-corrected chi connectivity index (χ3v) is 5.54. The fourth-order valence-corrected chi connectivity index (χ4v) is 3.94. The van der Waals surface area contributed by atoms with E-state index in [-0.39, 0.29) is 0 Å². The molecular weight excluding hydrogens is 396 g/mol. The fourth-order valence-electron chi connectivity index (χ4n) is 3.81. The normalized spacial score (nSPS) is 12.6.